The Balaban J connectivity index is 1.97. The first-order chi connectivity index (χ1) is 10.0. The lowest BCUT2D eigenvalue weighted by atomic mass is 10.5. The van der Waals surface area contributed by atoms with E-state index in [9.17, 15) is 8.42 Å². The Kier molecular flexibility index (Phi) is 5.94. The van der Waals surface area contributed by atoms with Crippen LogP contribution in [0.25, 0.3) is 0 Å². The molecule has 9 heteroatoms. The number of hydrogen-bond donors (Lipinski definition) is 2. The highest BCUT2D eigenvalue weighted by Gasteiger charge is 2.17. The second-order valence-electron chi connectivity index (χ2n) is 4.31. The van der Waals surface area contributed by atoms with E-state index in [-0.39, 0.29) is 11.4 Å². The van der Waals surface area contributed by atoms with E-state index in [1.165, 1.54) is 17.5 Å². The molecule has 0 fully saturated rings. The minimum Gasteiger partial charge on any atom is -0.315 e. The maximum atomic E-state index is 12.2. The Bertz CT molecular complexity index is 681. The molecule has 0 atom stereocenters. The molecule has 0 saturated heterocycles. The highest BCUT2D eigenvalue weighted by atomic mass is 79.9. The molecule has 2 aromatic heterocycles. The van der Waals surface area contributed by atoms with Crippen LogP contribution in [0.5, 0.6) is 0 Å². The maximum absolute atomic E-state index is 12.2. The summed E-state index contributed by atoms with van der Waals surface area (Å²) in [6.07, 6.45) is 2.92. The highest BCUT2D eigenvalue weighted by Crippen LogP contribution is 2.22. The molecule has 0 aliphatic rings. The highest BCUT2D eigenvalue weighted by molar-refractivity contribution is 9.10. The SMILES string of the molecule is CCNCCn1cc(S(=O)(=O)NCc2sccc2Br)cn1. The van der Waals surface area contributed by atoms with Gasteiger partial charge in [0.05, 0.1) is 12.7 Å². The molecule has 2 rings (SSSR count). The first kappa shape index (κ1) is 16.6. The van der Waals surface area contributed by atoms with Crippen molar-refractivity contribution in [1.82, 2.24) is 19.8 Å². The van der Waals surface area contributed by atoms with Gasteiger partial charge in [-0.2, -0.15) is 5.10 Å². The van der Waals surface area contributed by atoms with E-state index in [2.05, 4.69) is 31.1 Å². The topological polar surface area (TPSA) is 76.0 Å². The number of aromatic nitrogens is 2. The summed E-state index contributed by atoms with van der Waals surface area (Å²) in [6, 6.07) is 1.90. The molecule has 2 N–H and O–H groups in total. The van der Waals surface area contributed by atoms with Crippen LogP contribution >= 0.6 is 27.3 Å². The first-order valence-corrected chi connectivity index (χ1v) is 9.63. The number of sulfonamides is 1. The van der Waals surface area contributed by atoms with Gasteiger partial charge in [0.25, 0.3) is 0 Å². The van der Waals surface area contributed by atoms with Crippen molar-refractivity contribution in [2.75, 3.05) is 13.1 Å². The number of hydrogen-bond acceptors (Lipinski definition) is 5. The van der Waals surface area contributed by atoms with E-state index in [0.29, 0.717) is 6.54 Å². The summed E-state index contributed by atoms with van der Waals surface area (Å²) >= 11 is 4.88. The van der Waals surface area contributed by atoms with Crippen molar-refractivity contribution in [2.45, 2.75) is 24.9 Å². The molecular formula is C12H17BrN4O2S2. The van der Waals surface area contributed by atoms with Crippen LogP contribution in [-0.4, -0.2) is 31.3 Å². The summed E-state index contributed by atoms with van der Waals surface area (Å²) in [4.78, 5) is 1.13. The van der Waals surface area contributed by atoms with Gasteiger partial charge in [-0.25, -0.2) is 13.1 Å². The van der Waals surface area contributed by atoms with Crippen LogP contribution in [0, 0.1) is 0 Å². The summed E-state index contributed by atoms with van der Waals surface area (Å²) in [5.74, 6) is 0. The second-order valence-corrected chi connectivity index (χ2v) is 7.93. The lowest BCUT2D eigenvalue weighted by Gasteiger charge is -2.04. The van der Waals surface area contributed by atoms with Crippen molar-refractivity contribution >= 4 is 37.3 Å². The van der Waals surface area contributed by atoms with Crippen LogP contribution in [0.4, 0.5) is 0 Å². The van der Waals surface area contributed by atoms with Gasteiger partial charge in [0.2, 0.25) is 10.0 Å². The predicted molar refractivity (Wildman–Crippen MR) is 86.8 cm³/mol. The van der Waals surface area contributed by atoms with Gasteiger partial charge >= 0.3 is 0 Å². The number of nitrogens with zero attached hydrogens (tertiary/aromatic N) is 2. The summed E-state index contributed by atoms with van der Waals surface area (Å²) in [7, 11) is -3.53. The quantitative estimate of drug-likeness (QED) is 0.671. The van der Waals surface area contributed by atoms with Crippen molar-refractivity contribution in [3.63, 3.8) is 0 Å². The van der Waals surface area contributed by atoms with Gasteiger partial charge in [0.15, 0.2) is 0 Å². The molecule has 2 heterocycles. The molecule has 0 bridgehead atoms. The van der Waals surface area contributed by atoms with Crippen molar-refractivity contribution in [3.05, 3.63) is 33.2 Å². The van der Waals surface area contributed by atoms with Crippen molar-refractivity contribution < 1.29 is 8.42 Å². The van der Waals surface area contributed by atoms with E-state index < -0.39 is 10.0 Å². The van der Waals surface area contributed by atoms with Crippen LogP contribution in [0.3, 0.4) is 0 Å². The molecule has 2 aromatic rings. The van der Waals surface area contributed by atoms with Crippen LogP contribution < -0.4 is 10.0 Å². The van der Waals surface area contributed by atoms with E-state index in [4.69, 9.17) is 0 Å². The average molecular weight is 393 g/mol. The molecular weight excluding hydrogens is 376 g/mol. The van der Waals surface area contributed by atoms with Gasteiger partial charge in [-0.05, 0) is 33.9 Å². The van der Waals surface area contributed by atoms with Gasteiger partial charge in [-0.3, -0.25) is 4.68 Å². The Morgan fingerprint density at radius 1 is 1.48 bits per heavy atom. The molecule has 21 heavy (non-hydrogen) atoms. The van der Waals surface area contributed by atoms with E-state index in [0.717, 1.165) is 22.4 Å². The Labute approximate surface area is 136 Å². The van der Waals surface area contributed by atoms with Crippen LogP contribution in [0.15, 0.2) is 33.2 Å². The normalized spacial score (nSPS) is 11.9. The fraction of sp³-hybridized carbons (Fsp3) is 0.417. The standard InChI is InChI=1S/C12H17BrN4O2S2/c1-2-14-4-5-17-9-10(7-15-17)21(18,19)16-8-12-11(13)3-6-20-12/h3,6-7,9,14,16H,2,4-5,8H2,1H3. The molecule has 6 nitrogen and oxygen atoms in total. The smallest absolute Gasteiger partial charge is 0.244 e. The third-order valence-corrected chi connectivity index (χ3v) is 6.08. The maximum Gasteiger partial charge on any atom is 0.244 e. The van der Waals surface area contributed by atoms with E-state index >= 15 is 0 Å². The zero-order valence-electron chi connectivity index (χ0n) is 11.5. The lowest BCUT2D eigenvalue weighted by molar-refractivity contribution is 0.563. The van der Waals surface area contributed by atoms with Gasteiger partial charge in [-0.1, -0.05) is 6.92 Å². The Hall–Kier alpha value is -0.740. The molecule has 0 aliphatic carbocycles. The molecule has 0 spiro atoms. The fourth-order valence-corrected chi connectivity index (χ4v) is 4.14. The predicted octanol–water partition coefficient (Wildman–Crippen LogP) is 1.80. The molecule has 0 amide bonds. The number of likely N-dealkylation sites (N-methyl/N-ethyl adjacent to an activating group) is 1. The zero-order chi connectivity index (χ0) is 15.3. The number of nitrogens with one attached hydrogen (secondary N) is 2. The second kappa shape index (κ2) is 7.50. The summed E-state index contributed by atoms with van der Waals surface area (Å²) < 4.78 is 29.5. The molecule has 116 valence electrons. The number of rotatable bonds is 8. The fourth-order valence-electron chi connectivity index (χ4n) is 1.67. The van der Waals surface area contributed by atoms with Gasteiger partial charge in [0, 0.05) is 28.6 Å². The Morgan fingerprint density at radius 2 is 2.29 bits per heavy atom. The largest absolute Gasteiger partial charge is 0.315 e. The third-order valence-electron chi connectivity index (χ3n) is 2.80. The minimum absolute atomic E-state index is 0.187. The monoisotopic (exact) mass is 392 g/mol. The molecule has 0 saturated carbocycles. The van der Waals surface area contributed by atoms with Crippen molar-refractivity contribution in [2.24, 2.45) is 0 Å². The molecule has 0 unspecified atom stereocenters. The average Bonchev–Trinajstić information content (AvgIpc) is 3.06. The summed E-state index contributed by atoms with van der Waals surface area (Å²) in [6.45, 7) is 4.56. The van der Waals surface area contributed by atoms with Crippen molar-refractivity contribution in [1.29, 1.82) is 0 Å². The number of halogens is 1. The summed E-state index contributed by atoms with van der Waals surface area (Å²) in [5, 5.41) is 9.14. The van der Waals surface area contributed by atoms with Crippen LogP contribution in [0.1, 0.15) is 11.8 Å². The summed E-state index contributed by atoms with van der Waals surface area (Å²) in [5.41, 5.74) is 0. The first-order valence-electron chi connectivity index (χ1n) is 6.47. The van der Waals surface area contributed by atoms with Crippen molar-refractivity contribution in [3.8, 4) is 0 Å². The van der Waals surface area contributed by atoms with E-state index in [1.807, 2.05) is 18.4 Å². The lowest BCUT2D eigenvalue weighted by Crippen LogP contribution is -2.22. The number of thiophene rings is 1. The minimum atomic E-state index is -3.53. The third kappa shape index (κ3) is 4.62. The van der Waals surface area contributed by atoms with E-state index in [1.54, 1.807) is 10.9 Å². The van der Waals surface area contributed by atoms with Gasteiger partial charge in [0.1, 0.15) is 4.90 Å². The molecule has 0 aromatic carbocycles. The van der Waals surface area contributed by atoms with Gasteiger partial charge < -0.3 is 5.32 Å². The Morgan fingerprint density at radius 3 is 2.95 bits per heavy atom. The van der Waals surface area contributed by atoms with Crippen LogP contribution in [-0.2, 0) is 23.1 Å². The van der Waals surface area contributed by atoms with Crippen LogP contribution in [0.2, 0.25) is 0 Å². The molecule has 0 radical (unpaired) electrons. The van der Waals surface area contributed by atoms with Gasteiger partial charge in [-0.15, -0.1) is 11.3 Å². The zero-order valence-corrected chi connectivity index (χ0v) is 14.8. The molecule has 0 aliphatic heterocycles.